The molecule has 0 radical (unpaired) electrons. The van der Waals surface area contributed by atoms with Crippen molar-refractivity contribution in [3.05, 3.63) is 54.1 Å². The average molecular weight is 222 g/mol. The Morgan fingerprint density at radius 2 is 1.82 bits per heavy atom. The first-order valence-electron chi connectivity index (χ1n) is 6.00. The number of Topliss-reactive ketones (excluding diaryl/α,β-unsaturated/α-hetero) is 1. The van der Waals surface area contributed by atoms with E-state index in [1.807, 2.05) is 12.1 Å². The third kappa shape index (κ3) is 1.59. The Labute approximate surface area is 101 Å². The number of hydrogen-bond acceptors (Lipinski definition) is 1. The molecule has 0 amide bonds. The molecule has 0 saturated heterocycles. The van der Waals surface area contributed by atoms with E-state index in [2.05, 4.69) is 30.8 Å². The van der Waals surface area contributed by atoms with Crippen LogP contribution in [0, 0.1) is 0 Å². The molecular weight excluding hydrogens is 208 g/mol. The molecule has 0 heterocycles. The lowest BCUT2D eigenvalue weighted by Crippen LogP contribution is -1.99. The molecule has 3 rings (SSSR count). The lowest BCUT2D eigenvalue weighted by atomic mass is 9.93. The predicted octanol–water partition coefficient (Wildman–Crippen LogP) is 3.76. The van der Waals surface area contributed by atoms with Crippen molar-refractivity contribution in [2.45, 2.75) is 19.3 Å². The topological polar surface area (TPSA) is 17.1 Å². The van der Waals surface area contributed by atoms with Gasteiger partial charge in [0.15, 0.2) is 5.78 Å². The molecule has 0 bridgehead atoms. The van der Waals surface area contributed by atoms with Gasteiger partial charge in [-0.25, -0.2) is 0 Å². The summed E-state index contributed by atoms with van der Waals surface area (Å²) >= 11 is 0. The Bertz CT molecular complexity index is 622. The molecule has 17 heavy (non-hydrogen) atoms. The largest absolute Gasteiger partial charge is 0.294 e. The molecule has 1 heteroatoms. The second kappa shape index (κ2) is 3.85. The number of allylic oxidation sites excluding steroid dienone is 1. The van der Waals surface area contributed by atoms with Gasteiger partial charge in [0.2, 0.25) is 0 Å². The maximum Gasteiger partial charge on any atom is 0.162 e. The summed E-state index contributed by atoms with van der Waals surface area (Å²) < 4.78 is 0. The van der Waals surface area contributed by atoms with Crippen molar-refractivity contribution < 1.29 is 4.79 Å². The van der Waals surface area contributed by atoms with Gasteiger partial charge in [-0.15, -0.1) is 0 Å². The van der Waals surface area contributed by atoms with E-state index >= 15 is 0 Å². The van der Waals surface area contributed by atoms with Gasteiger partial charge in [0.05, 0.1) is 0 Å². The highest BCUT2D eigenvalue weighted by Gasteiger charge is 2.19. The standard InChI is InChI=1S/C16H14O/c1-11-15(17)8-4-6-13-10-9-12-5-2-3-7-14(12)16(11)13/h2-3,5,7,9-10H,1,4,6,8H2. The van der Waals surface area contributed by atoms with E-state index in [1.165, 1.54) is 10.9 Å². The SMILES string of the molecule is C=C1C(=O)CCCc2ccc3ccccc3c21. The smallest absolute Gasteiger partial charge is 0.162 e. The minimum atomic E-state index is 0.195. The van der Waals surface area contributed by atoms with Gasteiger partial charge in [0.1, 0.15) is 0 Å². The van der Waals surface area contributed by atoms with Gasteiger partial charge in [-0.1, -0.05) is 43.0 Å². The van der Waals surface area contributed by atoms with Crippen molar-refractivity contribution in [1.29, 1.82) is 0 Å². The van der Waals surface area contributed by atoms with Crippen LogP contribution in [0.4, 0.5) is 0 Å². The molecule has 0 spiro atoms. The van der Waals surface area contributed by atoms with Gasteiger partial charge >= 0.3 is 0 Å². The first-order valence-corrected chi connectivity index (χ1v) is 6.00. The lowest BCUT2D eigenvalue weighted by Gasteiger charge is -2.11. The van der Waals surface area contributed by atoms with Crippen molar-refractivity contribution in [3.8, 4) is 0 Å². The molecule has 0 aromatic heterocycles. The summed E-state index contributed by atoms with van der Waals surface area (Å²) in [5.41, 5.74) is 3.03. The monoisotopic (exact) mass is 222 g/mol. The van der Waals surface area contributed by atoms with E-state index in [9.17, 15) is 4.79 Å². The Hall–Kier alpha value is -1.89. The molecule has 1 aliphatic rings. The lowest BCUT2D eigenvalue weighted by molar-refractivity contribution is -0.113. The summed E-state index contributed by atoms with van der Waals surface area (Å²) in [6, 6.07) is 12.5. The summed E-state index contributed by atoms with van der Waals surface area (Å²) in [4.78, 5) is 11.9. The van der Waals surface area contributed by atoms with E-state index in [0.29, 0.717) is 12.0 Å². The van der Waals surface area contributed by atoms with Crippen LogP contribution < -0.4 is 0 Å². The highest BCUT2D eigenvalue weighted by Crippen LogP contribution is 2.32. The van der Waals surface area contributed by atoms with Crippen LogP contribution in [0.3, 0.4) is 0 Å². The molecule has 2 aromatic carbocycles. The van der Waals surface area contributed by atoms with E-state index in [-0.39, 0.29) is 5.78 Å². The van der Waals surface area contributed by atoms with E-state index < -0.39 is 0 Å². The summed E-state index contributed by atoms with van der Waals surface area (Å²) in [6.45, 7) is 4.00. The van der Waals surface area contributed by atoms with Gasteiger partial charge in [-0.3, -0.25) is 4.79 Å². The minimum absolute atomic E-state index is 0.195. The number of benzene rings is 2. The fourth-order valence-corrected chi connectivity index (χ4v) is 2.61. The number of hydrogen-bond donors (Lipinski definition) is 0. The van der Waals surface area contributed by atoms with Gasteiger partial charge in [-0.2, -0.15) is 0 Å². The minimum Gasteiger partial charge on any atom is -0.294 e. The third-order valence-electron chi connectivity index (χ3n) is 3.50. The second-order valence-corrected chi connectivity index (χ2v) is 4.58. The Morgan fingerprint density at radius 3 is 2.71 bits per heavy atom. The summed E-state index contributed by atoms with van der Waals surface area (Å²) in [5, 5.41) is 2.34. The molecule has 0 aliphatic heterocycles. The summed E-state index contributed by atoms with van der Waals surface area (Å²) in [5.74, 6) is 0.195. The number of carbonyl (C=O) groups excluding carboxylic acids is 1. The zero-order chi connectivity index (χ0) is 11.8. The van der Waals surface area contributed by atoms with Crippen molar-refractivity contribution in [1.82, 2.24) is 0 Å². The maximum atomic E-state index is 11.9. The van der Waals surface area contributed by atoms with E-state index in [4.69, 9.17) is 0 Å². The zero-order valence-corrected chi connectivity index (χ0v) is 9.70. The number of fused-ring (bicyclic) bond motifs is 3. The molecule has 0 fully saturated rings. The van der Waals surface area contributed by atoms with Crippen molar-refractivity contribution in [2.75, 3.05) is 0 Å². The van der Waals surface area contributed by atoms with Crippen LogP contribution in [-0.4, -0.2) is 5.78 Å². The maximum absolute atomic E-state index is 11.9. The van der Waals surface area contributed by atoms with Crippen LogP contribution in [0.1, 0.15) is 24.0 Å². The first kappa shape index (κ1) is 10.3. The zero-order valence-electron chi connectivity index (χ0n) is 9.70. The predicted molar refractivity (Wildman–Crippen MR) is 70.9 cm³/mol. The molecule has 1 aliphatic carbocycles. The molecule has 0 atom stereocenters. The van der Waals surface area contributed by atoms with Gasteiger partial charge in [0.25, 0.3) is 0 Å². The first-order chi connectivity index (χ1) is 8.27. The quantitative estimate of drug-likeness (QED) is 0.490. The van der Waals surface area contributed by atoms with Crippen molar-refractivity contribution in [3.63, 3.8) is 0 Å². The summed E-state index contributed by atoms with van der Waals surface area (Å²) in [7, 11) is 0. The van der Waals surface area contributed by atoms with Crippen LogP contribution >= 0.6 is 0 Å². The van der Waals surface area contributed by atoms with E-state index in [1.54, 1.807) is 0 Å². The number of carbonyl (C=O) groups is 1. The average Bonchev–Trinajstić information content (AvgIpc) is 2.50. The number of ketones is 1. The summed E-state index contributed by atoms with van der Waals surface area (Å²) in [6.07, 6.45) is 2.54. The second-order valence-electron chi connectivity index (χ2n) is 4.58. The Kier molecular flexibility index (Phi) is 2.32. The highest BCUT2D eigenvalue weighted by atomic mass is 16.1. The molecule has 0 unspecified atom stereocenters. The highest BCUT2D eigenvalue weighted by molar-refractivity contribution is 6.23. The van der Waals surface area contributed by atoms with Crippen LogP contribution in [0.2, 0.25) is 0 Å². The van der Waals surface area contributed by atoms with Crippen LogP contribution in [0.25, 0.3) is 16.3 Å². The number of rotatable bonds is 0. The molecule has 0 N–H and O–H groups in total. The van der Waals surface area contributed by atoms with Crippen molar-refractivity contribution in [2.24, 2.45) is 0 Å². The number of aryl methyl sites for hydroxylation is 1. The molecule has 84 valence electrons. The van der Waals surface area contributed by atoms with Gasteiger partial charge in [0, 0.05) is 12.0 Å². The van der Waals surface area contributed by atoms with Crippen LogP contribution in [-0.2, 0) is 11.2 Å². The Balaban J connectivity index is 2.37. The molecular formula is C16H14O. The Morgan fingerprint density at radius 1 is 1.00 bits per heavy atom. The van der Waals surface area contributed by atoms with Crippen molar-refractivity contribution >= 4 is 22.1 Å². The fourth-order valence-electron chi connectivity index (χ4n) is 2.61. The fraction of sp³-hybridized carbons (Fsp3) is 0.188. The normalized spacial score (nSPS) is 15.8. The molecule has 0 saturated carbocycles. The molecule has 2 aromatic rings. The molecule has 1 nitrogen and oxygen atoms in total. The van der Waals surface area contributed by atoms with Crippen LogP contribution in [0.5, 0.6) is 0 Å². The van der Waals surface area contributed by atoms with Crippen LogP contribution in [0.15, 0.2) is 43.0 Å². The van der Waals surface area contributed by atoms with E-state index in [0.717, 1.165) is 23.8 Å². The van der Waals surface area contributed by atoms with Gasteiger partial charge in [-0.05, 0) is 34.7 Å². The van der Waals surface area contributed by atoms with Gasteiger partial charge < -0.3 is 0 Å². The third-order valence-corrected chi connectivity index (χ3v) is 3.50.